The van der Waals surface area contributed by atoms with E-state index in [9.17, 15) is 0 Å². The summed E-state index contributed by atoms with van der Waals surface area (Å²) in [4.78, 5) is 5.13. The Morgan fingerprint density at radius 2 is 1.74 bits per heavy atom. The number of likely N-dealkylation sites (tertiary alicyclic amines) is 1. The molecule has 0 bridgehead atoms. The molecule has 1 N–H and O–H groups in total. The van der Waals surface area contributed by atoms with Gasteiger partial charge in [0.25, 0.3) is 0 Å². The second-order valence-electron chi connectivity index (χ2n) is 4.90. The van der Waals surface area contributed by atoms with Gasteiger partial charge >= 0.3 is 0 Å². The fraction of sp³-hybridized carbons (Fsp3) is 0.625. The molecular formula is C16H28N2O. The molecule has 1 saturated heterocycles. The lowest BCUT2D eigenvalue weighted by Crippen LogP contribution is -2.33. The van der Waals surface area contributed by atoms with Crippen LogP contribution in [0.5, 0.6) is 0 Å². The quantitative estimate of drug-likeness (QED) is 0.853. The SMILES string of the molecule is CCN(CCN1CCCC1)Cc1ccccc1.CO. The third-order valence-corrected chi connectivity index (χ3v) is 3.63. The van der Waals surface area contributed by atoms with E-state index in [0.29, 0.717) is 0 Å². The molecule has 108 valence electrons. The highest BCUT2D eigenvalue weighted by molar-refractivity contribution is 5.14. The fourth-order valence-corrected chi connectivity index (χ4v) is 2.48. The van der Waals surface area contributed by atoms with Crippen LogP contribution in [0.15, 0.2) is 30.3 Å². The summed E-state index contributed by atoms with van der Waals surface area (Å²) < 4.78 is 0. The topological polar surface area (TPSA) is 26.7 Å². The van der Waals surface area contributed by atoms with Gasteiger partial charge in [0.1, 0.15) is 0 Å². The van der Waals surface area contributed by atoms with Crippen LogP contribution in [-0.4, -0.2) is 54.7 Å². The minimum atomic E-state index is 1.00. The summed E-state index contributed by atoms with van der Waals surface area (Å²) in [7, 11) is 1.00. The first-order chi connectivity index (χ1) is 9.38. The van der Waals surface area contributed by atoms with Gasteiger partial charge in [-0.1, -0.05) is 37.3 Å². The highest BCUT2D eigenvalue weighted by Crippen LogP contribution is 2.08. The van der Waals surface area contributed by atoms with Crippen molar-refractivity contribution in [3.05, 3.63) is 35.9 Å². The summed E-state index contributed by atoms with van der Waals surface area (Å²) in [5, 5.41) is 7.00. The first kappa shape index (κ1) is 16.2. The minimum Gasteiger partial charge on any atom is -0.400 e. The zero-order chi connectivity index (χ0) is 13.9. The third kappa shape index (κ3) is 6.19. The van der Waals surface area contributed by atoms with Gasteiger partial charge in [-0.3, -0.25) is 4.90 Å². The number of likely N-dealkylation sites (N-methyl/N-ethyl adjacent to an activating group) is 1. The average Bonchev–Trinajstić information content (AvgIpc) is 3.00. The van der Waals surface area contributed by atoms with Crippen LogP contribution in [0.3, 0.4) is 0 Å². The van der Waals surface area contributed by atoms with Gasteiger partial charge in [0.05, 0.1) is 0 Å². The lowest BCUT2D eigenvalue weighted by atomic mass is 10.2. The molecule has 1 aromatic carbocycles. The maximum Gasteiger partial charge on any atom is 0.0319 e. The Balaban J connectivity index is 0.000000861. The molecular weight excluding hydrogens is 236 g/mol. The number of hydrogen-bond acceptors (Lipinski definition) is 3. The van der Waals surface area contributed by atoms with Gasteiger partial charge in [-0.05, 0) is 38.0 Å². The van der Waals surface area contributed by atoms with E-state index in [1.165, 1.54) is 44.6 Å². The van der Waals surface area contributed by atoms with Gasteiger partial charge in [0.15, 0.2) is 0 Å². The predicted molar refractivity (Wildman–Crippen MR) is 81.2 cm³/mol. The molecule has 2 rings (SSSR count). The lowest BCUT2D eigenvalue weighted by molar-refractivity contribution is 0.227. The average molecular weight is 264 g/mol. The fourth-order valence-electron chi connectivity index (χ4n) is 2.48. The molecule has 0 unspecified atom stereocenters. The summed E-state index contributed by atoms with van der Waals surface area (Å²) in [6.45, 7) is 9.54. The molecule has 19 heavy (non-hydrogen) atoms. The summed E-state index contributed by atoms with van der Waals surface area (Å²) in [5.74, 6) is 0. The maximum atomic E-state index is 7.00. The zero-order valence-electron chi connectivity index (χ0n) is 12.4. The number of rotatable bonds is 6. The van der Waals surface area contributed by atoms with Gasteiger partial charge in [0, 0.05) is 26.7 Å². The molecule has 1 heterocycles. The van der Waals surface area contributed by atoms with Gasteiger partial charge in [-0.2, -0.15) is 0 Å². The first-order valence-electron chi connectivity index (χ1n) is 7.32. The van der Waals surface area contributed by atoms with E-state index in [-0.39, 0.29) is 0 Å². The van der Waals surface area contributed by atoms with Crippen molar-refractivity contribution in [2.45, 2.75) is 26.3 Å². The number of aliphatic hydroxyl groups excluding tert-OH is 1. The van der Waals surface area contributed by atoms with E-state index in [0.717, 1.165) is 20.2 Å². The van der Waals surface area contributed by atoms with Crippen molar-refractivity contribution in [2.24, 2.45) is 0 Å². The third-order valence-electron chi connectivity index (χ3n) is 3.63. The van der Waals surface area contributed by atoms with Crippen LogP contribution in [0.2, 0.25) is 0 Å². The van der Waals surface area contributed by atoms with Gasteiger partial charge in [-0.25, -0.2) is 0 Å². The van der Waals surface area contributed by atoms with Crippen molar-refractivity contribution in [1.29, 1.82) is 0 Å². The van der Waals surface area contributed by atoms with Crippen LogP contribution in [0, 0.1) is 0 Å². The molecule has 1 fully saturated rings. The summed E-state index contributed by atoms with van der Waals surface area (Å²) >= 11 is 0. The van der Waals surface area contributed by atoms with Crippen molar-refractivity contribution >= 4 is 0 Å². The Labute approximate surface area is 117 Å². The van der Waals surface area contributed by atoms with E-state index in [4.69, 9.17) is 5.11 Å². The number of nitrogens with zero attached hydrogens (tertiary/aromatic N) is 2. The second kappa shape index (κ2) is 9.96. The van der Waals surface area contributed by atoms with Gasteiger partial charge in [-0.15, -0.1) is 0 Å². The standard InChI is InChI=1S/C15H24N2.CH4O/c1-2-16(12-13-17-10-6-7-11-17)14-15-8-4-3-5-9-15;1-2/h3-5,8-9H,2,6-7,10-14H2,1H3;2H,1H3. The van der Waals surface area contributed by atoms with Crippen molar-refractivity contribution < 1.29 is 5.11 Å². The summed E-state index contributed by atoms with van der Waals surface area (Å²) in [6, 6.07) is 10.8. The molecule has 0 radical (unpaired) electrons. The Bertz CT molecular complexity index is 310. The van der Waals surface area contributed by atoms with E-state index < -0.39 is 0 Å². The normalized spacial score (nSPS) is 15.4. The Morgan fingerprint density at radius 1 is 1.11 bits per heavy atom. The first-order valence-corrected chi connectivity index (χ1v) is 7.32. The number of aliphatic hydroxyl groups is 1. The molecule has 1 aliphatic rings. The van der Waals surface area contributed by atoms with Crippen LogP contribution >= 0.6 is 0 Å². The molecule has 0 aromatic heterocycles. The van der Waals surface area contributed by atoms with Crippen molar-refractivity contribution in [3.63, 3.8) is 0 Å². The van der Waals surface area contributed by atoms with E-state index in [1.807, 2.05) is 0 Å². The zero-order valence-corrected chi connectivity index (χ0v) is 12.4. The van der Waals surface area contributed by atoms with Crippen LogP contribution < -0.4 is 0 Å². The maximum absolute atomic E-state index is 7.00. The molecule has 0 saturated carbocycles. The predicted octanol–water partition coefficient (Wildman–Crippen LogP) is 2.21. The van der Waals surface area contributed by atoms with Crippen LogP contribution in [0.1, 0.15) is 25.3 Å². The Kier molecular flexibility index (Phi) is 8.47. The second-order valence-corrected chi connectivity index (χ2v) is 4.90. The Morgan fingerprint density at radius 3 is 2.32 bits per heavy atom. The van der Waals surface area contributed by atoms with Crippen molar-refractivity contribution in [1.82, 2.24) is 9.80 Å². The van der Waals surface area contributed by atoms with Crippen LogP contribution in [0.4, 0.5) is 0 Å². The smallest absolute Gasteiger partial charge is 0.0319 e. The van der Waals surface area contributed by atoms with Crippen molar-refractivity contribution in [2.75, 3.05) is 39.8 Å². The highest BCUT2D eigenvalue weighted by atomic mass is 16.2. The molecule has 0 aliphatic carbocycles. The largest absolute Gasteiger partial charge is 0.400 e. The monoisotopic (exact) mass is 264 g/mol. The van der Waals surface area contributed by atoms with Crippen molar-refractivity contribution in [3.8, 4) is 0 Å². The highest BCUT2D eigenvalue weighted by Gasteiger charge is 2.12. The van der Waals surface area contributed by atoms with Gasteiger partial charge in [0.2, 0.25) is 0 Å². The van der Waals surface area contributed by atoms with E-state index >= 15 is 0 Å². The molecule has 3 heteroatoms. The molecule has 1 aromatic rings. The molecule has 0 spiro atoms. The minimum absolute atomic E-state index is 1.00. The van der Waals surface area contributed by atoms with E-state index in [2.05, 4.69) is 47.1 Å². The molecule has 1 aliphatic heterocycles. The van der Waals surface area contributed by atoms with Crippen LogP contribution in [-0.2, 0) is 6.54 Å². The van der Waals surface area contributed by atoms with Gasteiger partial charge < -0.3 is 10.0 Å². The van der Waals surface area contributed by atoms with Crippen LogP contribution in [0.25, 0.3) is 0 Å². The summed E-state index contributed by atoms with van der Waals surface area (Å²) in [6.07, 6.45) is 2.79. The molecule has 0 amide bonds. The number of hydrogen-bond donors (Lipinski definition) is 1. The molecule has 0 atom stereocenters. The Hall–Kier alpha value is -0.900. The summed E-state index contributed by atoms with van der Waals surface area (Å²) in [5.41, 5.74) is 1.43. The number of benzene rings is 1. The lowest BCUT2D eigenvalue weighted by Gasteiger charge is -2.23. The molecule has 3 nitrogen and oxygen atoms in total. The van der Waals surface area contributed by atoms with E-state index in [1.54, 1.807) is 0 Å².